The number of amides is 1. The van der Waals surface area contributed by atoms with Crippen molar-refractivity contribution in [3.8, 4) is 5.75 Å². The Morgan fingerprint density at radius 1 is 1.56 bits per heavy atom. The molecule has 1 aromatic heterocycles. The lowest BCUT2D eigenvalue weighted by Crippen LogP contribution is -2.13. The van der Waals surface area contributed by atoms with Crippen molar-refractivity contribution in [2.75, 3.05) is 5.32 Å². The van der Waals surface area contributed by atoms with Crippen molar-refractivity contribution in [2.24, 2.45) is 0 Å². The molecular formula is C13H12N2O2S. The second-order valence-corrected chi connectivity index (χ2v) is 5.11. The summed E-state index contributed by atoms with van der Waals surface area (Å²) < 4.78 is 5.70. The molecule has 0 fully saturated rings. The van der Waals surface area contributed by atoms with Gasteiger partial charge in [0.25, 0.3) is 5.91 Å². The van der Waals surface area contributed by atoms with E-state index in [1.807, 2.05) is 24.4 Å². The first-order valence-electron chi connectivity index (χ1n) is 5.73. The van der Waals surface area contributed by atoms with Crippen molar-refractivity contribution in [3.63, 3.8) is 0 Å². The molecule has 0 unspecified atom stereocenters. The van der Waals surface area contributed by atoms with Gasteiger partial charge in [0.1, 0.15) is 11.9 Å². The number of thiazole rings is 1. The van der Waals surface area contributed by atoms with E-state index in [2.05, 4.69) is 10.3 Å². The standard InChI is InChI=1S/C13H12N2O2S/c1-8-7-9-3-2-4-10(11(9)17-8)12(16)15-13-14-5-6-18-13/h2-6,8H,7H2,1H3,(H,14,15,16)/t8-/m1/s1. The van der Waals surface area contributed by atoms with Gasteiger partial charge in [-0.3, -0.25) is 10.1 Å². The van der Waals surface area contributed by atoms with Crippen LogP contribution < -0.4 is 10.1 Å². The number of hydrogen-bond donors (Lipinski definition) is 1. The lowest BCUT2D eigenvalue weighted by molar-refractivity contribution is 0.102. The summed E-state index contributed by atoms with van der Waals surface area (Å²) in [5.41, 5.74) is 1.67. The Kier molecular flexibility index (Phi) is 2.76. The molecule has 3 rings (SSSR count). The van der Waals surface area contributed by atoms with E-state index in [1.54, 1.807) is 12.3 Å². The van der Waals surface area contributed by atoms with Crippen molar-refractivity contribution in [2.45, 2.75) is 19.4 Å². The first-order chi connectivity index (χ1) is 8.74. The fourth-order valence-electron chi connectivity index (χ4n) is 2.07. The Bertz CT molecular complexity index is 581. The van der Waals surface area contributed by atoms with Gasteiger partial charge in [-0.25, -0.2) is 4.98 Å². The van der Waals surface area contributed by atoms with Crippen LogP contribution in [-0.4, -0.2) is 17.0 Å². The largest absolute Gasteiger partial charge is 0.489 e. The van der Waals surface area contributed by atoms with Crippen LogP contribution in [0.2, 0.25) is 0 Å². The number of anilines is 1. The predicted octanol–water partition coefficient (Wildman–Crippen LogP) is 2.72. The summed E-state index contributed by atoms with van der Waals surface area (Å²) in [5, 5.41) is 5.19. The predicted molar refractivity (Wildman–Crippen MR) is 70.3 cm³/mol. The number of carbonyl (C=O) groups is 1. The lowest BCUT2D eigenvalue weighted by Gasteiger charge is -2.08. The molecule has 1 amide bonds. The average Bonchev–Trinajstić information content (AvgIpc) is 2.95. The third-order valence-electron chi connectivity index (χ3n) is 2.82. The Labute approximate surface area is 109 Å². The minimum Gasteiger partial charge on any atom is -0.489 e. The third kappa shape index (κ3) is 1.97. The molecule has 1 aromatic carbocycles. The molecule has 0 saturated heterocycles. The minimum absolute atomic E-state index is 0.133. The molecule has 18 heavy (non-hydrogen) atoms. The summed E-state index contributed by atoms with van der Waals surface area (Å²) in [4.78, 5) is 16.2. The number of nitrogens with one attached hydrogen (secondary N) is 1. The normalized spacial score (nSPS) is 17.1. The molecule has 0 spiro atoms. The molecule has 5 heteroatoms. The summed E-state index contributed by atoms with van der Waals surface area (Å²) in [6.45, 7) is 2.00. The maximum absolute atomic E-state index is 12.2. The van der Waals surface area contributed by atoms with Crippen molar-refractivity contribution >= 4 is 22.4 Å². The number of nitrogens with zero attached hydrogens (tertiary/aromatic N) is 1. The van der Waals surface area contributed by atoms with E-state index in [1.165, 1.54) is 11.3 Å². The molecule has 1 aliphatic rings. The van der Waals surface area contributed by atoms with E-state index < -0.39 is 0 Å². The quantitative estimate of drug-likeness (QED) is 0.903. The maximum Gasteiger partial charge on any atom is 0.261 e. The van der Waals surface area contributed by atoms with Crippen molar-refractivity contribution in [1.29, 1.82) is 0 Å². The molecular weight excluding hydrogens is 248 g/mol. The molecule has 1 atom stereocenters. The molecule has 0 saturated carbocycles. The third-order valence-corrected chi connectivity index (χ3v) is 3.51. The van der Waals surface area contributed by atoms with Crippen LogP contribution in [0.5, 0.6) is 5.75 Å². The van der Waals surface area contributed by atoms with Gasteiger partial charge in [0.15, 0.2) is 5.13 Å². The van der Waals surface area contributed by atoms with Crippen LogP contribution >= 0.6 is 11.3 Å². The Hall–Kier alpha value is -1.88. The Balaban J connectivity index is 1.89. The fourth-order valence-corrected chi connectivity index (χ4v) is 2.59. The number of para-hydroxylation sites is 1. The molecule has 1 aliphatic heterocycles. The molecule has 4 nitrogen and oxygen atoms in total. The highest BCUT2D eigenvalue weighted by molar-refractivity contribution is 7.13. The molecule has 1 N–H and O–H groups in total. The minimum atomic E-state index is -0.170. The number of benzene rings is 1. The number of hydrogen-bond acceptors (Lipinski definition) is 4. The van der Waals surface area contributed by atoms with Gasteiger partial charge in [0.05, 0.1) is 5.56 Å². The van der Waals surface area contributed by atoms with E-state index in [0.717, 1.165) is 12.0 Å². The summed E-state index contributed by atoms with van der Waals surface area (Å²) in [6.07, 6.45) is 2.65. The fraction of sp³-hybridized carbons (Fsp3) is 0.231. The van der Waals surface area contributed by atoms with E-state index in [4.69, 9.17) is 4.74 Å². The Morgan fingerprint density at radius 3 is 3.22 bits per heavy atom. The van der Waals surface area contributed by atoms with Crippen molar-refractivity contribution < 1.29 is 9.53 Å². The van der Waals surface area contributed by atoms with Gasteiger partial charge in [-0.1, -0.05) is 12.1 Å². The topological polar surface area (TPSA) is 51.2 Å². The monoisotopic (exact) mass is 260 g/mol. The zero-order valence-corrected chi connectivity index (χ0v) is 10.7. The number of ether oxygens (including phenoxy) is 1. The molecule has 0 aliphatic carbocycles. The van der Waals surface area contributed by atoms with Crippen molar-refractivity contribution in [3.05, 3.63) is 40.9 Å². The van der Waals surface area contributed by atoms with Crippen LogP contribution in [0.25, 0.3) is 0 Å². The number of aromatic nitrogens is 1. The van der Waals surface area contributed by atoms with E-state index in [-0.39, 0.29) is 12.0 Å². The smallest absolute Gasteiger partial charge is 0.261 e. The summed E-state index contributed by atoms with van der Waals surface area (Å²) >= 11 is 1.40. The molecule has 92 valence electrons. The average molecular weight is 260 g/mol. The summed E-state index contributed by atoms with van der Waals surface area (Å²) in [5.74, 6) is 0.537. The highest BCUT2D eigenvalue weighted by Gasteiger charge is 2.24. The molecule has 2 aromatic rings. The highest BCUT2D eigenvalue weighted by Crippen LogP contribution is 2.32. The van der Waals surface area contributed by atoms with Gasteiger partial charge in [-0.2, -0.15) is 0 Å². The van der Waals surface area contributed by atoms with E-state index in [0.29, 0.717) is 16.4 Å². The van der Waals surface area contributed by atoms with Crippen LogP contribution in [0.4, 0.5) is 5.13 Å². The molecule has 0 radical (unpaired) electrons. The SMILES string of the molecule is C[C@@H]1Cc2cccc(C(=O)Nc3nccs3)c2O1. The number of carbonyl (C=O) groups excluding carboxylic acids is 1. The molecule has 2 heterocycles. The van der Waals surface area contributed by atoms with Gasteiger partial charge in [-0.15, -0.1) is 11.3 Å². The van der Waals surface area contributed by atoms with E-state index >= 15 is 0 Å². The van der Waals surface area contributed by atoms with Gasteiger partial charge < -0.3 is 4.74 Å². The van der Waals surface area contributed by atoms with Crippen LogP contribution in [0, 0.1) is 0 Å². The van der Waals surface area contributed by atoms with Crippen molar-refractivity contribution in [1.82, 2.24) is 4.98 Å². The van der Waals surface area contributed by atoms with E-state index in [9.17, 15) is 4.79 Å². The molecule has 0 bridgehead atoms. The van der Waals surface area contributed by atoms with Crippen LogP contribution in [-0.2, 0) is 6.42 Å². The zero-order valence-electron chi connectivity index (χ0n) is 9.84. The second-order valence-electron chi connectivity index (χ2n) is 4.22. The number of fused-ring (bicyclic) bond motifs is 1. The first kappa shape index (κ1) is 11.2. The van der Waals surface area contributed by atoms with Gasteiger partial charge in [0, 0.05) is 18.0 Å². The number of rotatable bonds is 2. The Morgan fingerprint density at radius 2 is 2.44 bits per heavy atom. The van der Waals surface area contributed by atoms with Gasteiger partial charge in [-0.05, 0) is 18.6 Å². The lowest BCUT2D eigenvalue weighted by atomic mass is 10.1. The highest BCUT2D eigenvalue weighted by atomic mass is 32.1. The van der Waals surface area contributed by atoms with Gasteiger partial charge in [0.2, 0.25) is 0 Å². The zero-order chi connectivity index (χ0) is 12.5. The maximum atomic E-state index is 12.2. The second kappa shape index (κ2) is 4.42. The first-order valence-corrected chi connectivity index (χ1v) is 6.61. The summed E-state index contributed by atoms with van der Waals surface area (Å²) in [7, 11) is 0. The van der Waals surface area contributed by atoms with Crippen LogP contribution in [0.15, 0.2) is 29.8 Å². The summed E-state index contributed by atoms with van der Waals surface area (Å²) in [6, 6.07) is 5.66. The van der Waals surface area contributed by atoms with Crippen LogP contribution in [0.3, 0.4) is 0 Å². The van der Waals surface area contributed by atoms with Crippen LogP contribution in [0.1, 0.15) is 22.8 Å². The van der Waals surface area contributed by atoms with Gasteiger partial charge >= 0.3 is 0 Å².